The number of carbonyl (C=O) groups excluding carboxylic acids is 2. The van der Waals surface area contributed by atoms with Gasteiger partial charge in [0.05, 0.1) is 12.0 Å². The standard InChI is InChI=1S/C10H20N4O2/c1-6-2-3-7(9(12)15)4-14(6)5-8(11)10(13)16/h6-8H,2-5,11H2,1H3,(H2,12,15)(H2,13,16). The summed E-state index contributed by atoms with van der Waals surface area (Å²) in [5.74, 6) is -0.950. The van der Waals surface area contributed by atoms with Crippen molar-refractivity contribution in [3.05, 3.63) is 0 Å². The Balaban J connectivity index is 2.56. The van der Waals surface area contributed by atoms with E-state index in [4.69, 9.17) is 17.2 Å². The number of nitrogens with two attached hydrogens (primary N) is 3. The molecule has 0 radical (unpaired) electrons. The Kier molecular flexibility index (Phi) is 4.26. The fourth-order valence-electron chi connectivity index (χ4n) is 2.01. The maximum Gasteiger partial charge on any atom is 0.235 e. The van der Waals surface area contributed by atoms with Gasteiger partial charge in [0, 0.05) is 19.1 Å². The van der Waals surface area contributed by atoms with Gasteiger partial charge in [-0.15, -0.1) is 0 Å². The molecule has 0 spiro atoms. The highest BCUT2D eigenvalue weighted by molar-refractivity contribution is 5.80. The van der Waals surface area contributed by atoms with Crippen LogP contribution in [0.15, 0.2) is 0 Å². The molecule has 1 heterocycles. The molecule has 6 nitrogen and oxygen atoms in total. The number of primary amides is 2. The SMILES string of the molecule is CC1CCC(C(N)=O)CN1CC(N)C(N)=O. The van der Waals surface area contributed by atoms with Crippen LogP contribution >= 0.6 is 0 Å². The molecule has 1 aliphatic rings. The van der Waals surface area contributed by atoms with Gasteiger partial charge in [0.1, 0.15) is 0 Å². The summed E-state index contributed by atoms with van der Waals surface area (Å²) in [7, 11) is 0. The maximum absolute atomic E-state index is 11.1. The van der Waals surface area contributed by atoms with Crippen LogP contribution in [0.4, 0.5) is 0 Å². The first kappa shape index (κ1) is 12.9. The third-order valence-electron chi connectivity index (χ3n) is 3.21. The van der Waals surface area contributed by atoms with E-state index >= 15 is 0 Å². The van der Waals surface area contributed by atoms with Gasteiger partial charge >= 0.3 is 0 Å². The first-order valence-corrected chi connectivity index (χ1v) is 5.50. The van der Waals surface area contributed by atoms with Crippen molar-refractivity contribution in [2.24, 2.45) is 23.1 Å². The number of rotatable bonds is 4. The summed E-state index contributed by atoms with van der Waals surface area (Å²) < 4.78 is 0. The highest BCUT2D eigenvalue weighted by atomic mass is 16.1. The van der Waals surface area contributed by atoms with Crippen molar-refractivity contribution in [2.75, 3.05) is 13.1 Å². The van der Waals surface area contributed by atoms with Gasteiger partial charge in [0.25, 0.3) is 0 Å². The predicted molar refractivity (Wildman–Crippen MR) is 60.1 cm³/mol. The number of piperidine rings is 1. The molecule has 2 amide bonds. The number of amides is 2. The molecule has 6 heteroatoms. The fraction of sp³-hybridized carbons (Fsp3) is 0.800. The minimum absolute atomic E-state index is 0.142. The minimum atomic E-state index is -0.686. The molecule has 0 bridgehead atoms. The Bertz CT molecular complexity index is 280. The molecular formula is C10H20N4O2. The molecule has 3 atom stereocenters. The molecule has 3 unspecified atom stereocenters. The van der Waals surface area contributed by atoms with Crippen LogP contribution in [0.5, 0.6) is 0 Å². The first-order valence-electron chi connectivity index (χ1n) is 5.50. The van der Waals surface area contributed by atoms with Gasteiger partial charge in [-0.05, 0) is 19.8 Å². The zero-order chi connectivity index (χ0) is 12.3. The van der Waals surface area contributed by atoms with Crippen LogP contribution < -0.4 is 17.2 Å². The molecule has 6 N–H and O–H groups in total. The fourth-order valence-corrected chi connectivity index (χ4v) is 2.01. The van der Waals surface area contributed by atoms with Crippen molar-refractivity contribution < 1.29 is 9.59 Å². The first-order chi connectivity index (χ1) is 7.41. The molecule has 1 saturated heterocycles. The van der Waals surface area contributed by atoms with Gasteiger partial charge in [0.2, 0.25) is 11.8 Å². The number of carbonyl (C=O) groups is 2. The Morgan fingerprint density at radius 1 is 1.38 bits per heavy atom. The lowest BCUT2D eigenvalue weighted by atomic mass is 9.92. The zero-order valence-corrected chi connectivity index (χ0v) is 9.56. The third kappa shape index (κ3) is 3.18. The van der Waals surface area contributed by atoms with Gasteiger partial charge in [-0.25, -0.2) is 0 Å². The highest BCUT2D eigenvalue weighted by Gasteiger charge is 2.30. The summed E-state index contributed by atoms with van der Waals surface area (Å²) in [4.78, 5) is 24.0. The average molecular weight is 228 g/mol. The van der Waals surface area contributed by atoms with E-state index in [0.717, 1.165) is 12.8 Å². The second-order valence-corrected chi connectivity index (χ2v) is 4.49. The van der Waals surface area contributed by atoms with E-state index in [9.17, 15) is 9.59 Å². The average Bonchev–Trinajstić information content (AvgIpc) is 2.20. The number of likely N-dealkylation sites (tertiary alicyclic amines) is 1. The van der Waals surface area contributed by atoms with E-state index in [1.807, 2.05) is 11.8 Å². The number of hydrogen-bond acceptors (Lipinski definition) is 4. The molecular weight excluding hydrogens is 208 g/mol. The molecule has 0 aromatic rings. The third-order valence-corrected chi connectivity index (χ3v) is 3.21. The zero-order valence-electron chi connectivity index (χ0n) is 9.56. The van der Waals surface area contributed by atoms with E-state index in [1.165, 1.54) is 0 Å². The van der Waals surface area contributed by atoms with E-state index in [1.54, 1.807) is 0 Å². The molecule has 0 aliphatic carbocycles. The summed E-state index contributed by atoms with van der Waals surface area (Å²) in [5, 5.41) is 0. The number of nitrogens with zero attached hydrogens (tertiary/aromatic N) is 1. The van der Waals surface area contributed by atoms with Gasteiger partial charge in [0.15, 0.2) is 0 Å². The lowest BCUT2D eigenvalue weighted by Gasteiger charge is -2.37. The van der Waals surface area contributed by atoms with Crippen LogP contribution in [-0.2, 0) is 9.59 Å². The van der Waals surface area contributed by atoms with Crippen molar-refractivity contribution in [3.63, 3.8) is 0 Å². The summed E-state index contributed by atoms with van der Waals surface area (Å²) in [6.45, 7) is 3.00. The summed E-state index contributed by atoms with van der Waals surface area (Å²) in [5.41, 5.74) is 16.0. The second-order valence-electron chi connectivity index (χ2n) is 4.49. The molecule has 0 aromatic heterocycles. The van der Waals surface area contributed by atoms with Gasteiger partial charge < -0.3 is 17.2 Å². The summed E-state index contributed by atoms with van der Waals surface area (Å²) >= 11 is 0. The second kappa shape index (κ2) is 5.27. The van der Waals surface area contributed by atoms with Gasteiger partial charge in [-0.3, -0.25) is 14.5 Å². The largest absolute Gasteiger partial charge is 0.369 e. The predicted octanol–water partition coefficient (Wildman–Crippen LogP) is -1.62. The minimum Gasteiger partial charge on any atom is -0.369 e. The van der Waals surface area contributed by atoms with E-state index in [-0.39, 0.29) is 11.8 Å². The van der Waals surface area contributed by atoms with Crippen LogP contribution in [0.3, 0.4) is 0 Å². The van der Waals surface area contributed by atoms with Crippen LogP contribution in [0.25, 0.3) is 0 Å². The van der Waals surface area contributed by atoms with Crippen LogP contribution in [0.1, 0.15) is 19.8 Å². The van der Waals surface area contributed by atoms with Crippen molar-refractivity contribution in [1.29, 1.82) is 0 Å². The monoisotopic (exact) mass is 228 g/mol. The summed E-state index contributed by atoms with van der Waals surface area (Å²) in [6.07, 6.45) is 1.69. The van der Waals surface area contributed by atoms with Crippen molar-refractivity contribution in [3.8, 4) is 0 Å². The molecule has 1 rings (SSSR count). The topological polar surface area (TPSA) is 115 Å². The van der Waals surface area contributed by atoms with E-state index < -0.39 is 11.9 Å². The maximum atomic E-state index is 11.1. The molecule has 92 valence electrons. The van der Waals surface area contributed by atoms with Gasteiger partial charge in [-0.2, -0.15) is 0 Å². The Hall–Kier alpha value is -1.14. The number of hydrogen-bond donors (Lipinski definition) is 3. The highest BCUT2D eigenvalue weighted by Crippen LogP contribution is 2.21. The molecule has 0 saturated carbocycles. The Morgan fingerprint density at radius 3 is 2.50 bits per heavy atom. The lowest BCUT2D eigenvalue weighted by molar-refractivity contribution is -0.124. The van der Waals surface area contributed by atoms with Crippen LogP contribution in [0.2, 0.25) is 0 Å². The molecule has 16 heavy (non-hydrogen) atoms. The lowest BCUT2D eigenvalue weighted by Crippen LogP contribution is -2.53. The van der Waals surface area contributed by atoms with E-state index in [2.05, 4.69) is 0 Å². The molecule has 0 aromatic carbocycles. The Labute approximate surface area is 95.1 Å². The van der Waals surface area contributed by atoms with Crippen LogP contribution in [-0.4, -0.2) is 41.9 Å². The normalized spacial score (nSPS) is 28.6. The summed E-state index contributed by atoms with van der Waals surface area (Å²) in [6, 6.07) is -0.380. The van der Waals surface area contributed by atoms with Crippen LogP contribution in [0, 0.1) is 5.92 Å². The van der Waals surface area contributed by atoms with Crippen molar-refractivity contribution >= 4 is 11.8 Å². The molecule has 1 fully saturated rings. The quantitative estimate of drug-likeness (QED) is 0.536. The van der Waals surface area contributed by atoms with Crippen molar-refractivity contribution in [2.45, 2.75) is 31.8 Å². The van der Waals surface area contributed by atoms with Crippen molar-refractivity contribution in [1.82, 2.24) is 4.90 Å². The smallest absolute Gasteiger partial charge is 0.235 e. The Morgan fingerprint density at radius 2 is 2.00 bits per heavy atom. The van der Waals surface area contributed by atoms with E-state index in [0.29, 0.717) is 19.1 Å². The van der Waals surface area contributed by atoms with Gasteiger partial charge in [-0.1, -0.05) is 0 Å². The molecule has 1 aliphatic heterocycles.